The number of benzene rings is 1. The van der Waals surface area contributed by atoms with E-state index in [1.165, 1.54) is 18.2 Å². The number of halogens is 2. The minimum absolute atomic E-state index is 0.0605. The van der Waals surface area contributed by atoms with Crippen molar-refractivity contribution in [3.63, 3.8) is 0 Å². The van der Waals surface area contributed by atoms with E-state index >= 15 is 0 Å². The van der Waals surface area contributed by atoms with Crippen molar-refractivity contribution < 1.29 is 28.2 Å². The summed E-state index contributed by atoms with van der Waals surface area (Å²) in [6, 6.07) is 4.75. The van der Waals surface area contributed by atoms with Crippen LogP contribution in [-0.2, 0) is 16.1 Å². The summed E-state index contributed by atoms with van der Waals surface area (Å²) in [6.07, 6.45) is -0.513. The van der Waals surface area contributed by atoms with Gasteiger partial charge in [-0.3, -0.25) is 9.59 Å². The average molecular weight is 288 g/mol. The number of aliphatic carboxylic acids is 1. The molecule has 6 nitrogen and oxygen atoms in total. The van der Waals surface area contributed by atoms with Crippen LogP contribution in [0.15, 0.2) is 24.3 Å². The normalized spacial score (nSPS) is 12.0. The summed E-state index contributed by atoms with van der Waals surface area (Å²) < 4.78 is 28.6. The number of hydrogen-bond donors (Lipinski definition) is 3. The molecule has 1 atom stereocenters. The number of amides is 1. The molecular formula is C12H14F2N2O4. The lowest BCUT2D eigenvalue weighted by molar-refractivity contribution is -0.139. The average Bonchev–Trinajstić information content (AvgIpc) is 2.35. The Morgan fingerprint density at radius 1 is 1.35 bits per heavy atom. The molecule has 4 N–H and O–H groups in total. The van der Waals surface area contributed by atoms with Crippen molar-refractivity contribution in [2.24, 2.45) is 5.73 Å². The van der Waals surface area contributed by atoms with Crippen LogP contribution in [0.3, 0.4) is 0 Å². The molecule has 1 aromatic rings. The lowest BCUT2D eigenvalue weighted by Gasteiger charge is -2.13. The molecule has 1 rings (SSSR count). The number of nitrogens with one attached hydrogen (secondary N) is 1. The lowest BCUT2D eigenvalue weighted by atomic mass is 10.1. The van der Waals surface area contributed by atoms with Gasteiger partial charge in [0.25, 0.3) is 0 Å². The number of carboxylic acids is 1. The molecule has 1 aromatic carbocycles. The standard InChI is InChI=1S/C12H14F2N2O4/c13-12(14)20-9-4-2-1-3-7(9)6-16-11(19)8(15)5-10(17)18/h1-4,8,12H,5-6,15H2,(H,16,19)(H,17,18). The smallest absolute Gasteiger partial charge is 0.387 e. The van der Waals surface area contributed by atoms with Gasteiger partial charge in [-0.2, -0.15) is 8.78 Å². The summed E-state index contributed by atoms with van der Waals surface area (Å²) in [6.45, 7) is -3.06. The highest BCUT2D eigenvalue weighted by atomic mass is 19.3. The largest absolute Gasteiger partial charge is 0.481 e. The molecule has 1 unspecified atom stereocenters. The molecule has 0 radical (unpaired) electrons. The van der Waals surface area contributed by atoms with Crippen LogP contribution < -0.4 is 15.8 Å². The molecule has 0 aromatic heterocycles. The summed E-state index contributed by atoms with van der Waals surface area (Å²) in [7, 11) is 0. The van der Waals surface area contributed by atoms with Crippen molar-refractivity contribution in [1.29, 1.82) is 0 Å². The fourth-order valence-electron chi connectivity index (χ4n) is 1.46. The van der Waals surface area contributed by atoms with Gasteiger partial charge in [0.2, 0.25) is 5.91 Å². The SMILES string of the molecule is NC(CC(=O)O)C(=O)NCc1ccccc1OC(F)F. The Bertz CT molecular complexity index is 482. The first kappa shape index (κ1) is 15.8. The highest BCUT2D eigenvalue weighted by Gasteiger charge is 2.17. The maximum Gasteiger partial charge on any atom is 0.387 e. The molecule has 20 heavy (non-hydrogen) atoms. The van der Waals surface area contributed by atoms with Gasteiger partial charge in [0.1, 0.15) is 5.75 Å². The van der Waals surface area contributed by atoms with Gasteiger partial charge in [-0.05, 0) is 6.07 Å². The zero-order valence-corrected chi connectivity index (χ0v) is 10.4. The topological polar surface area (TPSA) is 102 Å². The minimum Gasteiger partial charge on any atom is -0.481 e. The van der Waals surface area contributed by atoms with Gasteiger partial charge in [-0.1, -0.05) is 18.2 Å². The number of rotatable bonds is 7. The van der Waals surface area contributed by atoms with Crippen molar-refractivity contribution in [3.8, 4) is 5.75 Å². The number of para-hydroxylation sites is 1. The van der Waals surface area contributed by atoms with Crippen molar-refractivity contribution in [1.82, 2.24) is 5.32 Å². The molecule has 0 aliphatic rings. The molecule has 110 valence electrons. The number of carbonyl (C=O) groups excluding carboxylic acids is 1. The fraction of sp³-hybridized carbons (Fsp3) is 0.333. The summed E-state index contributed by atoms with van der Waals surface area (Å²) in [5.41, 5.74) is 5.69. The molecule has 0 fully saturated rings. The van der Waals surface area contributed by atoms with Gasteiger partial charge in [-0.15, -0.1) is 0 Å². The van der Waals surface area contributed by atoms with Crippen LogP contribution in [0.4, 0.5) is 8.78 Å². The van der Waals surface area contributed by atoms with E-state index in [2.05, 4.69) is 10.1 Å². The third-order valence-corrected chi connectivity index (χ3v) is 2.37. The van der Waals surface area contributed by atoms with Crippen molar-refractivity contribution >= 4 is 11.9 Å². The monoisotopic (exact) mass is 288 g/mol. The van der Waals surface area contributed by atoms with Crippen molar-refractivity contribution in [3.05, 3.63) is 29.8 Å². The zero-order valence-electron chi connectivity index (χ0n) is 10.4. The summed E-state index contributed by atoms with van der Waals surface area (Å²) in [4.78, 5) is 21.9. The summed E-state index contributed by atoms with van der Waals surface area (Å²) in [5, 5.41) is 10.9. The van der Waals surface area contributed by atoms with Crippen molar-refractivity contribution in [2.45, 2.75) is 25.6 Å². The molecule has 0 saturated heterocycles. The van der Waals surface area contributed by atoms with Crippen LogP contribution in [0, 0.1) is 0 Å². The van der Waals surface area contributed by atoms with Crippen LogP contribution in [0.5, 0.6) is 5.75 Å². The summed E-state index contributed by atoms with van der Waals surface area (Å²) >= 11 is 0. The third kappa shape index (κ3) is 5.19. The second kappa shape index (κ2) is 7.39. The second-order valence-corrected chi connectivity index (χ2v) is 3.91. The number of ether oxygens (including phenoxy) is 1. The minimum atomic E-state index is -2.97. The van der Waals surface area contributed by atoms with E-state index in [4.69, 9.17) is 10.8 Å². The van der Waals surface area contributed by atoms with Gasteiger partial charge >= 0.3 is 12.6 Å². The Labute approximate surface area is 113 Å². The van der Waals surface area contributed by atoms with Crippen LogP contribution in [0.1, 0.15) is 12.0 Å². The van der Waals surface area contributed by atoms with Gasteiger partial charge in [0.15, 0.2) is 0 Å². The van der Waals surface area contributed by atoms with Crippen molar-refractivity contribution in [2.75, 3.05) is 0 Å². The van der Waals surface area contributed by atoms with E-state index in [0.717, 1.165) is 0 Å². The zero-order chi connectivity index (χ0) is 15.1. The number of hydrogen-bond acceptors (Lipinski definition) is 4. The number of alkyl halides is 2. The third-order valence-electron chi connectivity index (χ3n) is 2.37. The van der Waals surface area contributed by atoms with Gasteiger partial charge in [-0.25, -0.2) is 0 Å². The van der Waals surface area contributed by atoms with Crippen LogP contribution in [-0.4, -0.2) is 29.6 Å². The summed E-state index contributed by atoms with van der Waals surface area (Å²) in [5.74, 6) is -1.94. The van der Waals surface area contributed by atoms with Crippen LogP contribution >= 0.6 is 0 Å². The lowest BCUT2D eigenvalue weighted by Crippen LogP contribution is -2.41. The molecule has 0 saturated carbocycles. The van der Waals surface area contributed by atoms with E-state index in [9.17, 15) is 18.4 Å². The first-order valence-electron chi connectivity index (χ1n) is 5.68. The fourth-order valence-corrected chi connectivity index (χ4v) is 1.46. The van der Waals surface area contributed by atoms with Crippen LogP contribution in [0.25, 0.3) is 0 Å². The Balaban J connectivity index is 2.61. The van der Waals surface area contributed by atoms with E-state index < -0.39 is 31.0 Å². The Morgan fingerprint density at radius 3 is 2.60 bits per heavy atom. The Hall–Kier alpha value is -2.22. The molecule has 8 heteroatoms. The van der Waals surface area contributed by atoms with E-state index in [1.807, 2.05) is 0 Å². The van der Waals surface area contributed by atoms with E-state index in [1.54, 1.807) is 6.07 Å². The number of nitrogens with two attached hydrogens (primary N) is 1. The molecule has 0 bridgehead atoms. The second-order valence-electron chi connectivity index (χ2n) is 3.91. The van der Waals surface area contributed by atoms with Gasteiger partial charge in [0.05, 0.1) is 12.5 Å². The highest BCUT2D eigenvalue weighted by Crippen LogP contribution is 2.19. The molecule has 0 aliphatic carbocycles. The predicted molar refractivity (Wildman–Crippen MR) is 65.1 cm³/mol. The van der Waals surface area contributed by atoms with Gasteiger partial charge in [0, 0.05) is 12.1 Å². The van der Waals surface area contributed by atoms with Gasteiger partial charge < -0.3 is 20.9 Å². The predicted octanol–water partition coefficient (Wildman–Crippen LogP) is 0.706. The molecule has 0 heterocycles. The number of carboxylic acid groups (broad SMARTS) is 1. The molecule has 1 amide bonds. The van der Waals surface area contributed by atoms with E-state index in [-0.39, 0.29) is 12.3 Å². The maximum absolute atomic E-state index is 12.2. The Kier molecular flexibility index (Phi) is 5.85. The molecule has 0 spiro atoms. The maximum atomic E-state index is 12.2. The van der Waals surface area contributed by atoms with E-state index in [0.29, 0.717) is 5.56 Å². The highest BCUT2D eigenvalue weighted by molar-refractivity contribution is 5.85. The first-order chi connectivity index (χ1) is 9.40. The quantitative estimate of drug-likeness (QED) is 0.685. The Morgan fingerprint density at radius 2 is 2.00 bits per heavy atom. The van der Waals surface area contributed by atoms with Crippen LogP contribution in [0.2, 0.25) is 0 Å². The number of carbonyl (C=O) groups is 2. The molecule has 0 aliphatic heterocycles. The first-order valence-corrected chi connectivity index (χ1v) is 5.68. The molecular weight excluding hydrogens is 274 g/mol.